The summed E-state index contributed by atoms with van der Waals surface area (Å²) in [7, 11) is -2.76. The van der Waals surface area contributed by atoms with Crippen LogP contribution in [0, 0.1) is 0 Å². The summed E-state index contributed by atoms with van der Waals surface area (Å²) >= 11 is 11.8. The average Bonchev–Trinajstić information content (AvgIpc) is 2.56. The van der Waals surface area contributed by atoms with Gasteiger partial charge in [-0.25, -0.2) is 8.42 Å². The second-order valence-corrected chi connectivity index (χ2v) is 8.03. The quantitative estimate of drug-likeness (QED) is 0.810. The summed E-state index contributed by atoms with van der Waals surface area (Å²) in [5, 5.41) is 13.5. The molecule has 0 fully saturated rings. The van der Waals surface area contributed by atoms with Gasteiger partial charge in [0.25, 0.3) is 15.9 Å². The van der Waals surface area contributed by atoms with Crippen LogP contribution in [0.5, 0.6) is 0 Å². The Hall–Kier alpha value is -2.22. The predicted octanol–water partition coefficient (Wildman–Crippen LogP) is 3.49. The van der Waals surface area contributed by atoms with Crippen molar-refractivity contribution in [2.45, 2.75) is 4.90 Å². The summed E-state index contributed by atoms with van der Waals surface area (Å²) in [6, 6.07) is 10.3. The Morgan fingerprint density at radius 1 is 1.16 bits per heavy atom. The molecule has 0 atom stereocenters. The largest absolute Gasteiger partial charge is 0.505 e. The third kappa shape index (κ3) is 2.95. The molecule has 0 radical (unpaired) electrons. The van der Waals surface area contributed by atoms with Gasteiger partial charge in [0.2, 0.25) is 0 Å². The Kier molecular flexibility index (Phi) is 4.40. The summed E-state index contributed by atoms with van der Waals surface area (Å²) in [6.07, 6.45) is 0. The van der Waals surface area contributed by atoms with Crippen LogP contribution in [0.25, 0.3) is 5.76 Å². The molecule has 3 rings (SSSR count). The number of aliphatic hydroxyl groups is 1. The fourth-order valence-electron chi connectivity index (χ4n) is 2.45. The van der Waals surface area contributed by atoms with Gasteiger partial charge in [0.1, 0.15) is 0 Å². The van der Waals surface area contributed by atoms with Crippen molar-refractivity contribution >= 4 is 50.6 Å². The Labute approximate surface area is 154 Å². The fraction of sp³-hybridized carbons (Fsp3) is 0.0625. The van der Waals surface area contributed by atoms with Gasteiger partial charge in [-0.3, -0.25) is 9.10 Å². The Morgan fingerprint density at radius 2 is 1.84 bits per heavy atom. The van der Waals surface area contributed by atoms with E-state index in [2.05, 4.69) is 5.32 Å². The summed E-state index contributed by atoms with van der Waals surface area (Å²) in [4.78, 5) is 12.5. The number of hydrogen-bond acceptors (Lipinski definition) is 4. The molecule has 2 aromatic rings. The molecule has 1 aliphatic rings. The van der Waals surface area contributed by atoms with Crippen molar-refractivity contribution in [3.8, 4) is 0 Å². The highest BCUT2D eigenvalue weighted by molar-refractivity contribution is 7.89. The van der Waals surface area contributed by atoms with E-state index in [4.69, 9.17) is 23.2 Å². The molecule has 0 unspecified atom stereocenters. The Balaban J connectivity index is 2.08. The molecule has 130 valence electrons. The number of likely N-dealkylation sites (N-methyl/N-ethyl adjacent to an activating group) is 1. The second kappa shape index (κ2) is 6.25. The van der Waals surface area contributed by atoms with E-state index in [0.717, 1.165) is 4.31 Å². The highest BCUT2D eigenvalue weighted by Crippen LogP contribution is 2.35. The third-order valence-corrected chi connectivity index (χ3v) is 6.08. The molecule has 0 saturated heterocycles. The van der Waals surface area contributed by atoms with Crippen LogP contribution in [0.4, 0.5) is 5.69 Å². The van der Waals surface area contributed by atoms with Crippen LogP contribution in [0.15, 0.2) is 53.1 Å². The number of hydrogen-bond donors (Lipinski definition) is 2. The molecular formula is C16H12Cl2N2O4S. The molecule has 0 saturated carbocycles. The van der Waals surface area contributed by atoms with E-state index in [1.807, 2.05) is 0 Å². The molecule has 1 aliphatic heterocycles. The molecule has 0 bridgehead atoms. The van der Waals surface area contributed by atoms with Crippen molar-refractivity contribution < 1.29 is 18.3 Å². The van der Waals surface area contributed by atoms with E-state index in [1.165, 1.54) is 43.4 Å². The van der Waals surface area contributed by atoms with Gasteiger partial charge < -0.3 is 10.4 Å². The van der Waals surface area contributed by atoms with Crippen LogP contribution < -0.4 is 5.32 Å². The topological polar surface area (TPSA) is 86.7 Å². The van der Waals surface area contributed by atoms with Gasteiger partial charge >= 0.3 is 0 Å². The zero-order valence-corrected chi connectivity index (χ0v) is 15.2. The van der Waals surface area contributed by atoms with Crippen LogP contribution in [-0.4, -0.2) is 30.8 Å². The average molecular weight is 399 g/mol. The third-order valence-electron chi connectivity index (χ3n) is 3.71. The number of rotatable bonds is 2. The zero-order chi connectivity index (χ0) is 18.4. The highest BCUT2D eigenvalue weighted by atomic mass is 35.5. The molecule has 1 heterocycles. The van der Waals surface area contributed by atoms with Gasteiger partial charge in [-0.05, 0) is 30.3 Å². The number of carbonyl (C=O) groups is 1. The number of nitrogens with one attached hydrogen (secondary N) is 1. The van der Waals surface area contributed by atoms with Crippen LogP contribution in [0.3, 0.4) is 0 Å². The van der Waals surface area contributed by atoms with Gasteiger partial charge in [-0.15, -0.1) is 0 Å². The minimum atomic E-state index is -3.96. The van der Waals surface area contributed by atoms with Crippen LogP contribution in [-0.2, 0) is 14.8 Å². The normalized spacial score (nSPS) is 15.7. The maximum atomic E-state index is 12.6. The van der Waals surface area contributed by atoms with Gasteiger partial charge in [0.05, 0.1) is 15.6 Å². The first-order valence-corrected chi connectivity index (χ1v) is 9.21. The first-order valence-electron chi connectivity index (χ1n) is 7.01. The van der Waals surface area contributed by atoms with E-state index >= 15 is 0 Å². The molecule has 2 N–H and O–H groups in total. The van der Waals surface area contributed by atoms with Crippen LogP contribution in [0.2, 0.25) is 10.0 Å². The number of nitrogens with zero attached hydrogens (tertiary/aromatic N) is 1. The maximum Gasteiger partial charge on any atom is 0.276 e. The maximum absolute atomic E-state index is 12.6. The smallest absolute Gasteiger partial charge is 0.276 e. The van der Waals surface area contributed by atoms with Crippen molar-refractivity contribution in [2.75, 3.05) is 12.4 Å². The first-order chi connectivity index (χ1) is 11.7. The minimum Gasteiger partial charge on any atom is -0.505 e. The van der Waals surface area contributed by atoms with Crippen molar-refractivity contribution in [1.82, 2.24) is 4.31 Å². The standard InChI is InChI=1S/C16H12Cl2N2O4S/c1-20-14(16(22)19-12-7-6-9(17)8-11(12)18)15(21)10-4-2-3-5-13(10)25(20,23)24/h2-8,21H,1H3,(H,19,22). The summed E-state index contributed by atoms with van der Waals surface area (Å²) in [5.74, 6) is -1.25. The summed E-state index contributed by atoms with van der Waals surface area (Å²) < 4.78 is 25.9. The molecule has 6 nitrogen and oxygen atoms in total. The molecule has 1 amide bonds. The van der Waals surface area contributed by atoms with Gasteiger partial charge in [0.15, 0.2) is 11.5 Å². The summed E-state index contributed by atoms with van der Waals surface area (Å²) in [5.41, 5.74) is -0.0984. The zero-order valence-electron chi connectivity index (χ0n) is 12.8. The Bertz CT molecular complexity index is 1020. The van der Waals surface area contributed by atoms with Crippen molar-refractivity contribution in [3.63, 3.8) is 0 Å². The number of amides is 1. The van der Waals surface area contributed by atoms with E-state index in [0.29, 0.717) is 5.02 Å². The van der Waals surface area contributed by atoms with Crippen molar-refractivity contribution in [1.29, 1.82) is 0 Å². The fourth-order valence-corrected chi connectivity index (χ4v) is 4.31. The molecule has 0 spiro atoms. The number of anilines is 1. The lowest BCUT2D eigenvalue weighted by Crippen LogP contribution is -2.37. The lowest BCUT2D eigenvalue weighted by atomic mass is 10.1. The minimum absolute atomic E-state index is 0.0629. The molecule has 9 heteroatoms. The Morgan fingerprint density at radius 3 is 2.52 bits per heavy atom. The number of carbonyl (C=O) groups excluding carboxylic acids is 1. The first kappa shape index (κ1) is 17.6. The van der Waals surface area contributed by atoms with Gasteiger partial charge in [-0.2, -0.15) is 0 Å². The van der Waals surface area contributed by atoms with Crippen LogP contribution in [0.1, 0.15) is 5.56 Å². The molecule has 25 heavy (non-hydrogen) atoms. The molecule has 2 aromatic carbocycles. The van der Waals surface area contributed by atoms with Crippen molar-refractivity contribution in [3.05, 3.63) is 63.8 Å². The molecular weight excluding hydrogens is 387 g/mol. The number of halogens is 2. The second-order valence-electron chi connectivity index (χ2n) is 5.24. The lowest BCUT2D eigenvalue weighted by Gasteiger charge is -2.28. The number of fused-ring (bicyclic) bond motifs is 1. The number of sulfonamides is 1. The van der Waals surface area contributed by atoms with Crippen molar-refractivity contribution in [2.24, 2.45) is 0 Å². The van der Waals surface area contributed by atoms with Crippen LogP contribution >= 0.6 is 23.2 Å². The monoisotopic (exact) mass is 398 g/mol. The van der Waals surface area contributed by atoms with Gasteiger partial charge in [0, 0.05) is 17.6 Å². The van der Waals surface area contributed by atoms with E-state index < -0.39 is 27.4 Å². The summed E-state index contributed by atoms with van der Waals surface area (Å²) in [6.45, 7) is 0. The van der Waals surface area contributed by atoms with Gasteiger partial charge in [-0.1, -0.05) is 35.3 Å². The van der Waals surface area contributed by atoms with E-state index in [9.17, 15) is 18.3 Å². The van der Waals surface area contributed by atoms with E-state index in [1.54, 1.807) is 6.07 Å². The highest BCUT2D eigenvalue weighted by Gasteiger charge is 2.37. The van der Waals surface area contributed by atoms with E-state index in [-0.39, 0.29) is 21.2 Å². The number of aliphatic hydroxyl groups excluding tert-OH is 1. The molecule has 0 aromatic heterocycles. The molecule has 0 aliphatic carbocycles. The predicted molar refractivity (Wildman–Crippen MR) is 96.0 cm³/mol. The number of benzene rings is 2. The SMILES string of the molecule is CN1C(C(=O)Nc2ccc(Cl)cc2Cl)=C(O)c2ccccc2S1(=O)=O. The lowest BCUT2D eigenvalue weighted by molar-refractivity contribution is -0.113.